The van der Waals surface area contributed by atoms with E-state index in [0.29, 0.717) is 0 Å². The summed E-state index contributed by atoms with van der Waals surface area (Å²) in [5.41, 5.74) is 2.20. The molecular formula is C11H8ClN. The maximum Gasteiger partial charge on any atom is 0.0934 e. The highest BCUT2D eigenvalue weighted by Gasteiger charge is 1.95. The molecule has 0 radical (unpaired) electrons. The van der Waals surface area contributed by atoms with Gasteiger partial charge in [-0.25, -0.2) is 4.99 Å². The summed E-state index contributed by atoms with van der Waals surface area (Å²) in [6.45, 7) is 0. The molecule has 0 N–H and O–H groups in total. The summed E-state index contributed by atoms with van der Waals surface area (Å²) < 4.78 is 0. The summed E-state index contributed by atoms with van der Waals surface area (Å²) >= 11 is 5.44. The van der Waals surface area contributed by atoms with Crippen LogP contribution >= 0.6 is 11.6 Å². The Morgan fingerprint density at radius 2 is 1.77 bits per heavy atom. The Kier molecular flexibility index (Phi) is 2.28. The van der Waals surface area contributed by atoms with Crippen molar-refractivity contribution in [2.45, 2.75) is 0 Å². The zero-order valence-corrected chi connectivity index (χ0v) is 7.70. The van der Waals surface area contributed by atoms with Crippen molar-refractivity contribution in [1.29, 1.82) is 0 Å². The van der Waals surface area contributed by atoms with Gasteiger partial charge in [0, 0.05) is 5.39 Å². The van der Waals surface area contributed by atoms with Gasteiger partial charge in [-0.3, -0.25) is 0 Å². The Morgan fingerprint density at radius 1 is 1.00 bits per heavy atom. The number of aliphatic imine (C=N–C) groups is 1. The Labute approximate surface area is 81.7 Å². The van der Waals surface area contributed by atoms with E-state index < -0.39 is 0 Å². The van der Waals surface area contributed by atoms with Gasteiger partial charge in [-0.15, -0.1) is 0 Å². The van der Waals surface area contributed by atoms with E-state index in [-0.39, 0.29) is 0 Å². The van der Waals surface area contributed by atoms with Gasteiger partial charge in [0.25, 0.3) is 0 Å². The average Bonchev–Trinajstić information content (AvgIpc) is 2.19. The smallest absolute Gasteiger partial charge is 0.0934 e. The number of benzene rings is 2. The summed E-state index contributed by atoms with van der Waals surface area (Å²) in [5, 5.41) is 2.31. The second-order valence-electron chi connectivity index (χ2n) is 2.72. The normalized spacial score (nSPS) is 11.2. The lowest BCUT2D eigenvalue weighted by molar-refractivity contribution is 1.59. The maximum absolute atomic E-state index is 5.44. The van der Waals surface area contributed by atoms with Crippen LogP contribution in [-0.2, 0) is 0 Å². The average molecular weight is 190 g/mol. The van der Waals surface area contributed by atoms with Crippen molar-refractivity contribution in [3.8, 4) is 0 Å². The minimum absolute atomic E-state index is 0.910. The van der Waals surface area contributed by atoms with Crippen molar-refractivity contribution in [3.63, 3.8) is 0 Å². The molecule has 0 amide bonds. The fraction of sp³-hybridized carbons (Fsp3) is 0. The molecule has 2 aromatic rings. The van der Waals surface area contributed by atoms with E-state index in [1.54, 1.807) is 0 Å². The summed E-state index contributed by atoms with van der Waals surface area (Å²) in [6, 6.07) is 14.1. The zero-order valence-electron chi connectivity index (χ0n) is 6.94. The molecule has 0 aliphatic rings. The van der Waals surface area contributed by atoms with Crippen LogP contribution in [0.15, 0.2) is 47.5 Å². The third kappa shape index (κ3) is 1.56. The molecule has 0 saturated carbocycles. The minimum Gasteiger partial charge on any atom is -0.244 e. The molecule has 1 nitrogen and oxygen atoms in total. The van der Waals surface area contributed by atoms with Crippen LogP contribution in [0.2, 0.25) is 0 Å². The van der Waals surface area contributed by atoms with Gasteiger partial charge in [-0.05, 0) is 11.5 Å². The Morgan fingerprint density at radius 3 is 2.62 bits per heavy atom. The van der Waals surface area contributed by atoms with E-state index in [9.17, 15) is 0 Å². The predicted octanol–water partition coefficient (Wildman–Crippen LogP) is 3.74. The number of hydrogen-bond donors (Lipinski definition) is 0. The van der Waals surface area contributed by atoms with Crippen molar-refractivity contribution in [2.75, 3.05) is 0 Å². The minimum atomic E-state index is 0.910. The van der Waals surface area contributed by atoms with Crippen LogP contribution in [0.5, 0.6) is 0 Å². The summed E-state index contributed by atoms with van der Waals surface area (Å²) in [7, 11) is 0. The van der Waals surface area contributed by atoms with Gasteiger partial charge in [-0.1, -0.05) is 48.0 Å². The van der Waals surface area contributed by atoms with Crippen LogP contribution in [0.4, 0.5) is 5.69 Å². The van der Waals surface area contributed by atoms with Crippen molar-refractivity contribution >= 4 is 33.7 Å². The number of halogens is 1. The highest BCUT2D eigenvalue weighted by Crippen LogP contribution is 2.24. The number of rotatable bonds is 1. The van der Waals surface area contributed by atoms with Crippen LogP contribution in [0.25, 0.3) is 10.8 Å². The van der Waals surface area contributed by atoms with E-state index in [1.807, 2.05) is 30.3 Å². The van der Waals surface area contributed by atoms with Crippen molar-refractivity contribution in [1.82, 2.24) is 0 Å². The second kappa shape index (κ2) is 3.58. The third-order valence-corrected chi connectivity index (χ3v) is 2.05. The Hall–Kier alpha value is -1.34. The Balaban J connectivity index is 2.75. The Bertz CT molecular complexity index is 443. The van der Waals surface area contributed by atoms with E-state index in [4.69, 9.17) is 11.6 Å². The zero-order chi connectivity index (χ0) is 9.10. The number of nitrogens with zero attached hydrogens (tertiary/aromatic N) is 1. The first-order valence-electron chi connectivity index (χ1n) is 4.02. The molecule has 0 fully saturated rings. The van der Waals surface area contributed by atoms with E-state index in [1.165, 1.54) is 11.1 Å². The second-order valence-corrected chi connectivity index (χ2v) is 2.92. The lowest BCUT2D eigenvalue weighted by Gasteiger charge is -1.99. The molecule has 0 aromatic heterocycles. The molecule has 2 rings (SSSR count). The highest BCUT2D eigenvalue weighted by atomic mass is 35.5. The molecule has 0 unspecified atom stereocenters. The molecule has 0 atom stereocenters. The molecule has 0 heterocycles. The standard InChI is InChI=1S/C11H8ClN/c12-8-13-11-7-3-5-9-4-1-2-6-10(9)11/h1-8H. The van der Waals surface area contributed by atoms with Crippen LogP contribution in [0, 0.1) is 0 Å². The largest absolute Gasteiger partial charge is 0.244 e. The molecule has 0 aliphatic heterocycles. The quantitative estimate of drug-likeness (QED) is 0.606. The topological polar surface area (TPSA) is 12.4 Å². The molecule has 2 aromatic carbocycles. The predicted molar refractivity (Wildman–Crippen MR) is 58.0 cm³/mol. The van der Waals surface area contributed by atoms with Gasteiger partial charge in [0.05, 0.1) is 11.4 Å². The van der Waals surface area contributed by atoms with Crippen molar-refractivity contribution in [3.05, 3.63) is 42.5 Å². The lowest BCUT2D eigenvalue weighted by atomic mass is 10.1. The first kappa shape index (κ1) is 8.27. The molecule has 0 saturated heterocycles. The van der Waals surface area contributed by atoms with E-state index >= 15 is 0 Å². The van der Waals surface area contributed by atoms with Gasteiger partial charge in [0.2, 0.25) is 0 Å². The van der Waals surface area contributed by atoms with Crippen molar-refractivity contribution in [2.24, 2.45) is 4.99 Å². The number of hydrogen-bond acceptors (Lipinski definition) is 1. The van der Waals surface area contributed by atoms with Gasteiger partial charge < -0.3 is 0 Å². The maximum atomic E-state index is 5.44. The van der Waals surface area contributed by atoms with Crippen LogP contribution in [-0.4, -0.2) is 5.67 Å². The molecule has 64 valence electrons. The number of fused-ring (bicyclic) bond motifs is 1. The molecule has 13 heavy (non-hydrogen) atoms. The first-order chi connectivity index (χ1) is 6.42. The SMILES string of the molecule is ClC=Nc1cccc2ccccc12. The van der Waals surface area contributed by atoms with Gasteiger partial charge in [-0.2, -0.15) is 0 Å². The van der Waals surface area contributed by atoms with E-state index in [0.717, 1.165) is 11.1 Å². The van der Waals surface area contributed by atoms with Gasteiger partial charge >= 0.3 is 0 Å². The summed E-state index contributed by atoms with van der Waals surface area (Å²) in [6.07, 6.45) is 0. The van der Waals surface area contributed by atoms with Gasteiger partial charge in [0.1, 0.15) is 0 Å². The molecule has 0 bridgehead atoms. The monoisotopic (exact) mass is 189 g/mol. The third-order valence-electron chi connectivity index (χ3n) is 1.95. The molecule has 0 spiro atoms. The van der Waals surface area contributed by atoms with Gasteiger partial charge in [0.15, 0.2) is 0 Å². The lowest BCUT2D eigenvalue weighted by Crippen LogP contribution is -1.72. The van der Waals surface area contributed by atoms with Crippen molar-refractivity contribution < 1.29 is 0 Å². The molecule has 0 aliphatic carbocycles. The van der Waals surface area contributed by atoms with Crippen LogP contribution < -0.4 is 0 Å². The molecule has 2 heteroatoms. The molecular weight excluding hydrogens is 182 g/mol. The summed E-state index contributed by atoms with van der Waals surface area (Å²) in [4.78, 5) is 4.08. The van der Waals surface area contributed by atoms with Crippen LogP contribution in [0.1, 0.15) is 0 Å². The highest BCUT2D eigenvalue weighted by molar-refractivity contribution is 6.56. The fourth-order valence-corrected chi connectivity index (χ4v) is 1.48. The summed E-state index contributed by atoms with van der Waals surface area (Å²) in [5.74, 6) is 0. The van der Waals surface area contributed by atoms with E-state index in [2.05, 4.69) is 17.1 Å². The fourth-order valence-electron chi connectivity index (χ4n) is 1.37. The first-order valence-corrected chi connectivity index (χ1v) is 4.46. The van der Waals surface area contributed by atoms with Crippen LogP contribution in [0.3, 0.4) is 0 Å².